The number of benzene rings is 1. The summed E-state index contributed by atoms with van der Waals surface area (Å²) < 4.78 is 5.10. The van der Waals surface area contributed by atoms with E-state index in [1.807, 2.05) is 29.2 Å². The molecule has 3 nitrogen and oxygen atoms in total. The maximum atomic E-state index is 10.8. The van der Waals surface area contributed by atoms with Gasteiger partial charge in [-0.1, -0.05) is 12.1 Å². The van der Waals surface area contributed by atoms with E-state index in [4.69, 9.17) is 4.74 Å². The molecule has 3 heteroatoms. The largest absolute Gasteiger partial charge is 0.497 e. The van der Waals surface area contributed by atoms with Crippen molar-refractivity contribution in [3.63, 3.8) is 0 Å². The molecular formula is C12H15NO2. The Morgan fingerprint density at radius 3 is 2.73 bits per heavy atom. The molecule has 0 radical (unpaired) electrons. The van der Waals surface area contributed by atoms with Gasteiger partial charge < -0.3 is 9.64 Å². The number of carbonyl (C=O) groups excluding carboxylic acids is 1. The molecule has 1 aliphatic rings. The zero-order valence-corrected chi connectivity index (χ0v) is 8.85. The van der Waals surface area contributed by atoms with Crippen LogP contribution in [0.3, 0.4) is 0 Å². The van der Waals surface area contributed by atoms with Gasteiger partial charge in [-0.15, -0.1) is 0 Å². The summed E-state index contributed by atoms with van der Waals surface area (Å²) in [5.74, 6) is 0.856. The molecule has 1 aliphatic heterocycles. The summed E-state index contributed by atoms with van der Waals surface area (Å²) in [6, 6.07) is 8.21. The first-order valence-electron chi connectivity index (χ1n) is 5.20. The van der Waals surface area contributed by atoms with Gasteiger partial charge >= 0.3 is 0 Å². The van der Waals surface area contributed by atoms with E-state index in [1.54, 1.807) is 7.11 Å². The summed E-state index contributed by atoms with van der Waals surface area (Å²) in [4.78, 5) is 12.7. The molecule has 1 aromatic rings. The number of rotatable bonds is 3. The minimum Gasteiger partial charge on any atom is -0.497 e. The minimum absolute atomic E-state index is 0.258. The fraction of sp³-hybridized carbons (Fsp3) is 0.417. The van der Waals surface area contributed by atoms with Gasteiger partial charge in [-0.25, -0.2) is 0 Å². The number of carbonyl (C=O) groups is 1. The van der Waals surface area contributed by atoms with E-state index >= 15 is 0 Å². The van der Waals surface area contributed by atoms with Crippen LogP contribution in [0.5, 0.6) is 5.75 Å². The first kappa shape index (κ1) is 10.0. The molecule has 0 bridgehead atoms. The van der Waals surface area contributed by atoms with Crippen LogP contribution in [0.4, 0.5) is 0 Å². The average molecular weight is 205 g/mol. The van der Waals surface area contributed by atoms with E-state index < -0.39 is 0 Å². The maximum absolute atomic E-state index is 10.8. The highest BCUT2D eigenvalue weighted by Gasteiger charge is 2.24. The molecule has 1 fully saturated rings. The van der Waals surface area contributed by atoms with Crippen LogP contribution in [0.25, 0.3) is 0 Å². The highest BCUT2D eigenvalue weighted by molar-refractivity contribution is 5.49. The number of amides is 1. The van der Waals surface area contributed by atoms with Crippen LogP contribution in [-0.4, -0.2) is 25.0 Å². The van der Waals surface area contributed by atoms with Crippen LogP contribution in [0.15, 0.2) is 24.3 Å². The summed E-state index contributed by atoms with van der Waals surface area (Å²) >= 11 is 0. The van der Waals surface area contributed by atoms with E-state index in [0.29, 0.717) is 0 Å². The lowest BCUT2D eigenvalue weighted by Crippen LogP contribution is -2.20. The second-order valence-electron chi connectivity index (χ2n) is 3.77. The predicted molar refractivity (Wildman–Crippen MR) is 57.7 cm³/mol. The number of ether oxygens (including phenoxy) is 1. The Balaban J connectivity index is 2.17. The smallest absolute Gasteiger partial charge is 0.210 e. The molecule has 0 aromatic heterocycles. The van der Waals surface area contributed by atoms with E-state index in [2.05, 4.69) is 0 Å². The normalized spacial score (nSPS) is 20.3. The van der Waals surface area contributed by atoms with E-state index in [1.165, 1.54) is 5.56 Å². The van der Waals surface area contributed by atoms with E-state index in [0.717, 1.165) is 31.5 Å². The predicted octanol–water partition coefficient (Wildman–Crippen LogP) is 1.99. The van der Waals surface area contributed by atoms with E-state index in [9.17, 15) is 4.79 Å². The lowest BCUT2D eigenvalue weighted by molar-refractivity contribution is -0.118. The van der Waals surface area contributed by atoms with Crippen LogP contribution >= 0.6 is 0 Å². The quantitative estimate of drug-likeness (QED) is 0.706. The van der Waals surface area contributed by atoms with Crippen LogP contribution in [0, 0.1) is 0 Å². The fourth-order valence-corrected chi connectivity index (χ4v) is 2.10. The Bertz CT molecular complexity index is 334. The van der Waals surface area contributed by atoms with Gasteiger partial charge in [0.1, 0.15) is 5.75 Å². The third kappa shape index (κ3) is 1.96. The van der Waals surface area contributed by atoms with Gasteiger partial charge in [0.15, 0.2) is 0 Å². The first-order valence-corrected chi connectivity index (χ1v) is 5.20. The van der Waals surface area contributed by atoms with Crippen LogP contribution < -0.4 is 4.74 Å². The van der Waals surface area contributed by atoms with Crippen molar-refractivity contribution in [3.05, 3.63) is 29.8 Å². The molecule has 1 heterocycles. The number of hydrogen-bond acceptors (Lipinski definition) is 2. The van der Waals surface area contributed by atoms with Crippen molar-refractivity contribution in [2.75, 3.05) is 13.7 Å². The highest BCUT2D eigenvalue weighted by atomic mass is 16.5. The van der Waals surface area contributed by atoms with Crippen molar-refractivity contribution < 1.29 is 9.53 Å². The number of nitrogens with zero attached hydrogens (tertiary/aromatic N) is 1. The standard InChI is InChI=1S/C12H15NO2/c1-15-11-6-4-10(5-7-11)12-3-2-8-13(12)9-14/h4-7,9,12H,2-3,8H2,1H3/t12-/m1/s1. The number of likely N-dealkylation sites (tertiary alicyclic amines) is 1. The van der Waals surface area contributed by atoms with E-state index in [-0.39, 0.29) is 6.04 Å². The minimum atomic E-state index is 0.258. The summed E-state index contributed by atoms with van der Waals surface area (Å²) in [6.07, 6.45) is 3.10. The second kappa shape index (κ2) is 4.34. The number of hydrogen-bond donors (Lipinski definition) is 0. The first-order chi connectivity index (χ1) is 7.35. The molecular weight excluding hydrogens is 190 g/mol. The Morgan fingerprint density at radius 1 is 1.40 bits per heavy atom. The monoisotopic (exact) mass is 205 g/mol. The van der Waals surface area contributed by atoms with Crippen molar-refractivity contribution in [2.24, 2.45) is 0 Å². The maximum Gasteiger partial charge on any atom is 0.210 e. The Labute approximate surface area is 89.7 Å². The average Bonchev–Trinajstić information content (AvgIpc) is 2.77. The lowest BCUT2D eigenvalue weighted by atomic mass is 10.0. The summed E-state index contributed by atoms with van der Waals surface area (Å²) in [7, 11) is 1.66. The molecule has 2 rings (SSSR count). The second-order valence-corrected chi connectivity index (χ2v) is 3.77. The molecule has 0 saturated carbocycles. The molecule has 0 N–H and O–H groups in total. The summed E-state index contributed by atoms with van der Waals surface area (Å²) in [5, 5.41) is 0. The van der Waals surface area contributed by atoms with Crippen molar-refractivity contribution in [2.45, 2.75) is 18.9 Å². The molecule has 0 unspecified atom stereocenters. The topological polar surface area (TPSA) is 29.5 Å². The summed E-state index contributed by atoms with van der Waals surface area (Å²) in [6.45, 7) is 0.875. The molecule has 15 heavy (non-hydrogen) atoms. The van der Waals surface area contributed by atoms with Gasteiger partial charge in [0, 0.05) is 6.54 Å². The van der Waals surface area contributed by atoms with Crippen LogP contribution in [0.1, 0.15) is 24.4 Å². The van der Waals surface area contributed by atoms with Gasteiger partial charge in [-0.05, 0) is 30.5 Å². The Morgan fingerprint density at radius 2 is 2.13 bits per heavy atom. The number of methoxy groups -OCH3 is 1. The SMILES string of the molecule is COc1ccc([C@H]2CCCN2C=O)cc1. The van der Waals surface area contributed by atoms with Crippen LogP contribution in [-0.2, 0) is 4.79 Å². The molecule has 1 amide bonds. The fourth-order valence-electron chi connectivity index (χ4n) is 2.10. The van der Waals surface area contributed by atoms with Gasteiger partial charge in [0.05, 0.1) is 13.2 Å². The molecule has 80 valence electrons. The van der Waals surface area contributed by atoms with Crippen molar-refractivity contribution in [1.82, 2.24) is 4.90 Å². The van der Waals surface area contributed by atoms with Gasteiger partial charge in [0.2, 0.25) is 6.41 Å². The van der Waals surface area contributed by atoms with Crippen LogP contribution in [0.2, 0.25) is 0 Å². The molecule has 0 aliphatic carbocycles. The molecule has 1 atom stereocenters. The lowest BCUT2D eigenvalue weighted by Gasteiger charge is -2.20. The zero-order valence-electron chi connectivity index (χ0n) is 8.85. The third-order valence-corrected chi connectivity index (χ3v) is 2.93. The van der Waals surface area contributed by atoms with Crippen molar-refractivity contribution in [3.8, 4) is 5.75 Å². The van der Waals surface area contributed by atoms with Gasteiger partial charge in [-0.2, -0.15) is 0 Å². The zero-order chi connectivity index (χ0) is 10.7. The van der Waals surface area contributed by atoms with Crippen molar-refractivity contribution in [1.29, 1.82) is 0 Å². The Hall–Kier alpha value is -1.51. The highest BCUT2D eigenvalue weighted by Crippen LogP contribution is 2.31. The molecule has 1 saturated heterocycles. The molecule has 1 aromatic carbocycles. The molecule has 0 spiro atoms. The van der Waals surface area contributed by atoms with Crippen molar-refractivity contribution >= 4 is 6.41 Å². The van der Waals surface area contributed by atoms with Gasteiger partial charge in [-0.3, -0.25) is 4.79 Å². The van der Waals surface area contributed by atoms with Gasteiger partial charge in [0.25, 0.3) is 0 Å². The third-order valence-electron chi connectivity index (χ3n) is 2.93. The summed E-state index contributed by atoms with van der Waals surface area (Å²) in [5.41, 5.74) is 1.19. The Kier molecular flexibility index (Phi) is 2.90.